The van der Waals surface area contributed by atoms with Crippen molar-refractivity contribution in [2.24, 2.45) is 0 Å². The van der Waals surface area contributed by atoms with E-state index < -0.39 is 12.2 Å². The van der Waals surface area contributed by atoms with Crippen LogP contribution >= 0.6 is 0 Å². The minimum Gasteiger partial charge on any atom is -0.356 e. The Morgan fingerprint density at radius 3 is 2.28 bits per heavy atom. The summed E-state index contributed by atoms with van der Waals surface area (Å²) in [5.41, 5.74) is 0. The van der Waals surface area contributed by atoms with Crippen LogP contribution < -0.4 is 10.6 Å². The molecule has 6 nitrogen and oxygen atoms in total. The fourth-order valence-electron chi connectivity index (χ4n) is 1.30. The van der Waals surface area contributed by atoms with Crippen molar-refractivity contribution in [2.75, 3.05) is 18.4 Å². The summed E-state index contributed by atoms with van der Waals surface area (Å²) < 4.78 is 25.2. The highest BCUT2D eigenvalue weighted by molar-refractivity contribution is 5.72. The van der Waals surface area contributed by atoms with Crippen molar-refractivity contribution in [3.63, 3.8) is 0 Å². The van der Waals surface area contributed by atoms with Crippen LogP contribution in [0.2, 0.25) is 0 Å². The Balaban J connectivity index is 2.12. The molecule has 0 aliphatic rings. The molecule has 1 amide bonds. The third-order valence-electron chi connectivity index (χ3n) is 2.09. The molecular weight excluding hydrogens is 244 g/mol. The lowest BCUT2D eigenvalue weighted by atomic mass is 10.2. The van der Waals surface area contributed by atoms with E-state index in [2.05, 4.69) is 25.6 Å². The van der Waals surface area contributed by atoms with Gasteiger partial charge in [0, 0.05) is 20.0 Å². The van der Waals surface area contributed by atoms with Gasteiger partial charge in [-0.1, -0.05) is 0 Å². The molecule has 0 unspecified atom stereocenters. The lowest BCUT2D eigenvalue weighted by Gasteiger charge is -2.04. The topological polar surface area (TPSA) is 79.8 Å². The standard InChI is InChI=1S/C10H15F2N5O/c1-7(18)13-5-3-2-4-6-14-10-16-8(11)15-9(12)17-10/h2-6H2,1H3,(H,13,18)(H,14,15,16,17). The second-order valence-corrected chi connectivity index (χ2v) is 3.67. The van der Waals surface area contributed by atoms with Crippen LogP contribution in [-0.2, 0) is 4.79 Å². The first-order valence-corrected chi connectivity index (χ1v) is 5.63. The van der Waals surface area contributed by atoms with Crippen molar-refractivity contribution >= 4 is 11.9 Å². The van der Waals surface area contributed by atoms with Gasteiger partial charge in [-0.05, 0) is 19.3 Å². The Labute approximate surface area is 103 Å². The normalized spacial score (nSPS) is 10.2. The lowest BCUT2D eigenvalue weighted by molar-refractivity contribution is -0.118. The number of nitrogens with zero attached hydrogens (tertiary/aromatic N) is 3. The first-order chi connectivity index (χ1) is 8.58. The average molecular weight is 259 g/mol. The van der Waals surface area contributed by atoms with E-state index >= 15 is 0 Å². The molecule has 0 atom stereocenters. The minimum absolute atomic E-state index is 0.0516. The van der Waals surface area contributed by atoms with Crippen LogP contribution in [0.3, 0.4) is 0 Å². The van der Waals surface area contributed by atoms with Crippen LogP contribution in [0, 0.1) is 12.2 Å². The third-order valence-corrected chi connectivity index (χ3v) is 2.09. The molecule has 100 valence electrons. The summed E-state index contributed by atoms with van der Waals surface area (Å²) in [7, 11) is 0. The van der Waals surface area contributed by atoms with Gasteiger partial charge in [0.1, 0.15) is 0 Å². The molecule has 0 aliphatic carbocycles. The van der Waals surface area contributed by atoms with Crippen LogP contribution in [-0.4, -0.2) is 33.9 Å². The van der Waals surface area contributed by atoms with Gasteiger partial charge in [0.2, 0.25) is 11.9 Å². The summed E-state index contributed by atoms with van der Waals surface area (Å²) in [6, 6.07) is 0. The fourth-order valence-corrected chi connectivity index (χ4v) is 1.30. The van der Waals surface area contributed by atoms with Gasteiger partial charge in [-0.15, -0.1) is 0 Å². The van der Waals surface area contributed by atoms with Gasteiger partial charge in [0.25, 0.3) is 0 Å². The predicted octanol–water partition coefficient (Wildman–Crippen LogP) is 0.868. The molecule has 0 aliphatic heterocycles. The van der Waals surface area contributed by atoms with E-state index in [-0.39, 0.29) is 11.9 Å². The molecular formula is C10H15F2N5O. The number of nitrogens with one attached hydrogen (secondary N) is 2. The van der Waals surface area contributed by atoms with Gasteiger partial charge in [-0.25, -0.2) is 0 Å². The summed E-state index contributed by atoms with van der Waals surface area (Å²) >= 11 is 0. The monoisotopic (exact) mass is 259 g/mol. The molecule has 0 bridgehead atoms. The summed E-state index contributed by atoms with van der Waals surface area (Å²) in [6.45, 7) is 2.60. The van der Waals surface area contributed by atoms with Gasteiger partial charge >= 0.3 is 12.2 Å². The summed E-state index contributed by atoms with van der Waals surface area (Å²) in [6.07, 6.45) is 0.227. The highest BCUT2D eigenvalue weighted by Crippen LogP contribution is 2.01. The number of carbonyl (C=O) groups is 1. The zero-order valence-electron chi connectivity index (χ0n) is 10.0. The predicted molar refractivity (Wildman–Crippen MR) is 60.8 cm³/mol. The fraction of sp³-hybridized carbons (Fsp3) is 0.600. The zero-order chi connectivity index (χ0) is 13.4. The van der Waals surface area contributed by atoms with Crippen molar-refractivity contribution in [3.05, 3.63) is 12.2 Å². The van der Waals surface area contributed by atoms with Crippen molar-refractivity contribution in [1.82, 2.24) is 20.3 Å². The Hall–Kier alpha value is -1.86. The van der Waals surface area contributed by atoms with Crippen LogP contribution in [0.15, 0.2) is 0 Å². The molecule has 1 aromatic heterocycles. The number of halogens is 2. The van der Waals surface area contributed by atoms with E-state index in [0.29, 0.717) is 13.1 Å². The third kappa shape index (κ3) is 6.02. The molecule has 1 rings (SSSR count). The highest BCUT2D eigenvalue weighted by atomic mass is 19.1. The van der Waals surface area contributed by atoms with E-state index in [1.165, 1.54) is 6.92 Å². The minimum atomic E-state index is -1.14. The summed E-state index contributed by atoms with van der Waals surface area (Å²) in [4.78, 5) is 19.9. The number of anilines is 1. The number of hydrogen-bond donors (Lipinski definition) is 2. The maximum Gasteiger partial charge on any atom is 0.315 e. The number of aromatic nitrogens is 3. The highest BCUT2D eigenvalue weighted by Gasteiger charge is 2.03. The van der Waals surface area contributed by atoms with Crippen molar-refractivity contribution in [2.45, 2.75) is 26.2 Å². The van der Waals surface area contributed by atoms with E-state index in [0.717, 1.165) is 19.3 Å². The molecule has 0 fully saturated rings. The summed E-state index contributed by atoms with van der Waals surface area (Å²) in [5, 5.41) is 5.37. The van der Waals surface area contributed by atoms with Crippen molar-refractivity contribution in [1.29, 1.82) is 0 Å². The van der Waals surface area contributed by atoms with Gasteiger partial charge < -0.3 is 10.6 Å². The molecule has 0 saturated carbocycles. The lowest BCUT2D eigenvalue weighted by Crippen LogP contribution is -2.20. The largest absolute Gasteiger partial charge is 0.356 e. The zero-order valence-corrected chi connectivity index (χ0v) is 10.0. The van der Waals surface area contributed by atoms with Crippen LogP contribution in [0.1, 0.15) is 26.2 Å². The van der Waals surface area contributed by atoms with Crippen LogP contribution in [0.4, 0.5) is 14.7 Å². The maximum absolute atomic E-state index is 12.6. The molecule has 0 spiro atoms. The summed E-state index contributed by atoms with van der Waals surface area (Å²) in [5.74, 6) is -0.161. The van der Waals surface area contributed by atoms with Crippen molar-refractivity contribution in [3.8, 4) is 0 Å². The molecule has 8 heteroatoms. The van der Waals surface area contributed by atoms with Gasteiger partial charge in [0.05, 0.1) is 0 Å². The SMILES string of the molecule is CC(=O)NCCCCCNc1nc(F)nc(F)n1. The van der Waals surface area contributed by atoms with Crippen LogP contribution in [0.25, 0.3) is 0 Å². The number of amides is 1. The average Bonchev–Trinajstić information content (AvgIpc) is 2.26. The Bertz CT molecular complexity index is 382. The Kier molecular flexibility index (Phi) is 5.89. The van der Waals surface area contributed by atoms with E-state index in [1.807, 2.05) is 0 Å². The van der Waals surface area contributed by atoms with Gasteiger partial charge in [0.15, 0.2) is 0 Å². The Morgan fingerprint density at radius 1 is 1.06 bits per heavy atom. The number of rotatable bonds is 7. The van der Waals surface area contributed by atoms with Crippen molar-refractivity contribution < 1.29 is 13.6 Å². The molecule has 0 radical (unpaired) electrons. The van der Waals surface area contributed by atoms with Gasteiger partial charge in [-0.2, -0.15) is 23.7 Å². The molecule has 0 saturated heterocycles. The van der Waals surface area contributed by atoms with Crippen LogP contribution in [0.5, 0.6) is 0 Å². The second-order valence-electron chi connectivity index (χ2n) is 3.67. The molecule has 0 aromatic carbocycles. The molecule has 1 heterocycles. The maximum atomic E-state index is 12.6. The molecule has 1 aromatic rings. The quantitative estimate of drug-likeness (QED) is 0.710. The second kappa shape index (κ2) is 7.46. The van der Waals surface area contributed by atoms with E-state index in [9.17, 15) is 13.6 Å². The number of hydrogen-bond acceptors (Lipinski definition) is 5. The first kappa shape index (κ1) is 14.2. The van der Waals surface area contributed by atoms with Gasteiger partial charge in [-0.3, -0.25) is 4.79 Å². The molecule has 2 N–H and O–H groups in total. The first-order valence-electron chi connectivity index (χ1n) is 5.63. The van der Waals surface area contributed by atoms with E-state index in [4.69, 9.17) is 0 Å². The molecule has 18 heavy (non-hydrogen) atoms. The van der Waals surface area contributed by atoms with E-state index in [1.54, 1.807) is 0 Å². The number of carbonyl (C=O) groups excluding carboxylic acids is 1. The Morgan fingerprint density at radius 2 is 1.67 bits per heavy atom. The smallest absolute Gasteiger partial charge is 0.315 e. The number of unbranched alkanes of at least 4 members (excludes halogenated alkanes) is 2.